The molecule has 10 heavy (non-hydrogen) atoms. The Morgan fingerprint density at radius 1 is 1.30 bits per heavy atom. The van der Waals surface area contributed by atoms with Gasteiger partial charge in [-0.25, -0.2) is 0 Å². The molecule has 0 aliphatic heterocycles. The normalized spacial score (nSPS) is 8.10. The molecule has 0 rings (SSSR count). The summed E-state index contributed by atoms with van der Waals surface area (Å²) in [6, 6.07) is 0. The minimum absolute atomic E-state index is 0. The average Bonchev–Trinajstić information content (AvgIpc) is 1.89. The van der Waals surface area contributed by atoms with Gasteiger partial charge >= 0.3 is 29.6 Å². The van der Waals surface area contributed by atoms with Crippen molar-refractivity contribution in [2.45, 2.75) is 0 Å². The van der Waals surface area contributed by atoms with Crippen LogP contribution in [0.2, 0.25) is 0 Å². The quantitative estimate of drug-likeness (QED) is 0.320. The molecule has 0 aromatic rings. The number of ether oxygens (including phenoxy) is 2. The van der Waals surface area contributed by atoms with Gasteiger partial charge in [-0.2, -0.15) is 0 Å². The molecule has 0 spiro atoms. The Labute approximate surface area is 83.3 Å². The van der Waals surface area contributed by atoms with Gasteiger partial charge in [0.05, 0.1) is 26.1 Å². The molecular weight excluding hydrogens is 143 g/mol. The third-order valence-electron chi connectivity index (χ3n) is 0.699. The van der Waals surface area contributed by atoms with Gasteiger partial charge in [0.2, 0.25) is 0 Å². The molecule has 0 saturated carbocycles. The molecule has 0 aromatic heterocycles. The Balaban J connectivity index is 0. The Morgan fingerprint density at radius 2 is 2.00 bits per heavy atom. The van der Waals surface area contributed by atoms with E-state index < -0.39 is 0 Å². The zero-order chi connectivity index (χ0) is 6.95. The van der Waals surface area contributed by atoms with Crippen molar-refractivity contribution in [3.05, 3.63) is 12.8 Å². The summed E-state index contributed by atoms with van der Waals surface area (Å²) in [5.74, 6) is 0. The second kappa shape index (κ2) is 12.2. The Bertz CT molecular complexity index is 68.0. The van der Waals surface area contributed by atoms with Crippen LogP contribution in [0.3, 0.4) is 0 Å². The second-order valence-electron chi connectivity index (χ2n) is 1.37. The van der Waals surface area contributed by atoms with Gasteiger partial charge in [-0.1, -0.05) is 6.58 Å². The third-order valence-corrected chi connectivity index (χ3v) is 0.699. The summed E-state index contributed by atoms with van der Waals surface area (Å²) >= 11 is 0. The summed E-state index contributed by atoms with van der Waals surface area (Å²) in [6.45, 7) is 4.80. The number of aliphatic hydroxyl groups is 1. The van der Waals surface area contributed by atoms with Crippen LogP contribution >= 0.6 is 0 Å². The molecule has 0 aromatic carbocycles. The van der Waals surface area contributed by atoms with Gasteiger partial charge in [0.15, 0.2) is 0 Å². The molecule has 0 unspecified atom stereocenters. The van der Waals surface area contributed by atoms with Crippen molar-refractivity contribution in [2.75, 3.05) is 26.4 Å². The van der Waals surface area contributed by atoms with E-state index >= 15 is 0 Å². The van der Waals surface area contributed by atoms with Crippen molar-refractivity contribution in [1.29, 1.82) is 0 Å². The van der Waals surface area contributed by atoms with E-state index in [1.165, 1.54) is 6.26 Å². The number of hydrogen-bond acceptors (Lipinski definition) is 3. The first kappa shape index (κ1) is 13.1. The molecule has 0 saturated heterocycles. The van der Waals surface area contributed by atoms with E-state index in [2.05, 4.69) is 6.58 Å². The Kier molecular flexibility index (Phi) is 15.9. The van der Waals surface area contributed by atoms with Crippen molar-refractivity contribution >= 4 is 29.6 Å². The standard InChI is InChI=1S/C6H12O3.Na.H/c1-2-8-5-6-9-4-3-7;;/h2,7H,1,3-6H2;;. The topological polar surface area (TPSA) is 38.7 Å². The van der Waals surface area contributed by atoms with Crippen LogP contribution in [0.1, 0.15) is 0 Å². The van der Waals surface area contributed by atoms with Gasteiger partial charge in [0, 0.05) is 0 Å². The summed E-state index contributed by atoms with van der Waals surface area (Å²) in [6.07, 6.45) is 1.36. The molecule has 0 aliphatic rings. The van der Waals surface area contributed by atoms with E-state index in [0.29, 0.717) is 19.8 Å². The molecule has 0 aliphatic carbocycles. The maximum absolute atomic E-state index is 8.24. The molecule has 4 heteroatoms. The molecule has 0 amide bonds. The average molecular weight is 156 g/mol. The molecular formula is C6H13NaO3. The monoisotopic (exact) mass is 156 g/mol. The van der Waals surface area contributed by atoms with E-state index in [9.17, 15) is 0 Å². The second-order valence-corrected chi connectivity index (χ2v) is 1.37. The van der Waals surface area contributed by atoms with E-state index in [4.69, 9.17) is 14.6 Å². The van der Waals surface area contributed by atoms with Gasteiger partial charge in [0.1, 0.15) is 6.61 Å². The van der Waals surface area contributed by atoms with E-state index in [1.807, 2.05) is 0 Å². The molecule has 56 valence electrons. The van der Waals surface area contributed by atoms with Crippen LogP contribution in [-0.2, 0) is 9.47 Å². The summed E-state index contributed by atoms with van der Waals surface area (Å²) in [5, 5.41) is 8.24. The minimum atomic E-state index is 0. The first-order chi connectivity index (χ1) is 4.41. The first-order valence-electron chi connectivity index (χ1n) is 2.83. The molecule has 1 N–H and O–H groups in total. The van der Waals surface area contributed by atoms with Gasteiger partial charge in [-0.3, -0.25) is 0 Å². The fraction of sp³-hybridized carbons (Fsp3) is 0.667. The number of rotatable bonds is 6. The van der Waals surface area contributed by atoms with Crippen molar-refractivity contribution in [2.24, 2.45) is 0 Å². The predicted octanol–water partition coefficient (Wildman–Crippen LogP) is -0.493. The molecule has 3 nitrogen and oxygen atoms in total. The van der Waals surface area contributed by atoms with Gasteiger partial charge < -0.3 is 14.6 Å². The van der Waals surface area contributed by atoms with Crippen LogP contribution in [0.25, 0.3) is 0 Å². The van der Waals surface area contributed by atoms with E-state index in [0.717, 1.165) is 0 Å². The van der Waals surface area contributed by atoms with Crippen molar-refractivity contribution < 1.29 is 14.6 Å². The summed E-state index contributed by atoms with van der Waals surface area (Å²) in [7, 11) is 0. The molecule has 0 heterocycles. The van der Waals surface area contributed by atoms with Crippen LogP contribution in [0.15, 0.2) is 12.8 Å². The van der Waals surface area contributed by atoms with Crippen LogP contribution in [0, 0.1) is 0 Å². The van der Waals surface area contributed by atoms with Crippen molar-refractivity contribution in [3.63, 3.8) is 0 Å². The molecule has 0 fully saturated rings. The number of aliphatic hydroxyl groups excluding tert-OH is 1. The SMILES string of the molecule is C=COCCOCCO.[NaH]. The van der Waals surface area contributed by atoms with Crippen LogP contribution in [0.4, 0.5) is 0 Å². The fourth-order valence-corrected chi connectivity index (χ4v) is 0.357. The molecule has 0 atom stereocenters. The van der Waals surface area contributed by atoms with Crippen molar-refractivity contribution in [3.8, 4) is 0 Å². The van der Waals surface area contributed by atoms with Gasteiger partial charge in [-0.15, -0.1) is 0 Å². The van der Waals surface area contributed by atoms with Gasteiger partial charge in [0.25, 0.3) is 0 Å². The van der Waals surface area contributed by atoms with E-state index in [1.54, 1.807) is 0 Å². The summed E-state index contributed by atoms with van der Waals surface area (Å²) in [5.41, 5.74) is 0. The van der Waals surface area contributed by atoms with E-state index in [-0.39, 0.29) is 36.2 Å². The third kappa shape index (κ3) is 11.3. The Hall–Kier alpha value is 0.460. The molecule has 0 radical (unpaired) electrons. The van der Waals surface area contributed by atoms with Crippen LogP contribution in [-0.4, -0.2) is 61.1 Å². The van der Waals surface area contributed by atoms with Crippen molar-refractivity contribution in [1.82, 2.24) is 0 Å². The Morgan fingerprint density at radius 3 is 2.50 bits per heavy atom. The molecule has 0 bridgehead atoms. The van der Waals surface area contributed by atoms with Crippen LogP contribution < -0.4 is 0 Å². The summed E-state index contributed by atoms with van der Waals surface area (Å²) < 4.78 is 9.60. The number of hydrogen-bond donors (Lipinski definition) is 1. The van der Waals surface area contributed by atoms with Crippen LogP contribution in [0.5, 0.6) is 0 Å². The first-order valence-corrected chi connectivity index (χ1v) is 2.83. The van der Waals surface area contributed by atoms with Gasteiger partial charge in [-0.05, 0) is 0 Å². The maximum atomic E-state index is 8.24. The predicted molar refractivity (Wildman–Crippen MR) is 41.2 cm³/mol. The zero-order valence-corrected chi connectivity index (χ0v) is 5.38. The summed E-state index contributed by atoms with van der Waals surface area (Å²) in [4.78, 5) is 0. The zero-order valence-electron chi connectivity index (χ0n) is 5.38. The fourth-order valence-electron chi connectivity index (χ4n) is 0.357.